The zero-order valence-electron chi connectivity index (χ0n) is 12.8. The van der Waals surface area contributed by atoms with Gasteiger partial charge in [0.05, 0.1) is 7.11 Å². The first-order valence-corrected chi connectivity index (χ1v) is 7.37. The summed E-state index contributed by atoms with van der Waals surface area (Å²) in [7, 11) is 1.58. The summed E-state index contributed by atoms with van der Waals surface area (Å²) in [4.78, 5) is 34.0. The quantitative estimate of drug-likeness (QED) is 0.649. The van der Waals surface area contributed by atoms with Crippen LogP contribution in [-0.4, -0.2) is 36.0 Å². The van der Waals surface area contributed by atoms with Crippen LogP contribution < -0.4 is 15.8 Å². The molecule has 1 fully saturated rings. The summed E-state index contributed by atoms with van der Waals surface area (Å²) >= 11 is 0. The molecule has 0 bridgehead atoms. The van der Waals surface area contributed by atoms with Gasteiger partial charge < -0.3 is 20.9 Å². The van der Waals surface area contributed by atoms with Gasteiger partial charge in [-0.3, -0.25) is 9.59 Å². The molecular formula is C16H20N2O5. The highest BCUT2D eigenvalue weighted by Gasteiger charge is 2.44. The smallest absolute Gasteiger partial charge is 0.326 e. The van der Waals surface area contributed by atoms with Crippen molar-refractivity contribution in [3.63, 3.8) is 0 Å². The lowest BCUT2D eigenvalue weighted by molar-refractivity contribution is -0.142. The van der Waals surface area contributed by atoms with Crippen LogP contribution in [-0.2, 0) is 14.4 Å². The number of benzene rings is 1. The van der Waals surface area contributed by atoms with Crippen molar-refractivity contribution in [3.05, 3.63) is 29.8 Å². The number of carboxylic acids is 1. The van der Waals surface area contributed by atoms with Gasteiger partial charge in [-0.05, 0) is 36.5 Å². The molecule has 0 aliphatic heterocycles. The molecule has 0 heterocycles. The lowest BCUT2D eigenvalue weighted by atomic mass is 10.1. The van der Waals surface area contributed by atoms with Gasteiger partial charge in [-0.2, -0.15) is 0 Å². The minimum Gasteiger partial charge on any atom is -0.497 e. The van der Waals surface area contributed by atoms with Crippen molar-refractivity contribution in [1.29, 1.82) is 0 Å². The molecule has 7 heteroatoms. The molecule has 2 amide bonds. The number of nitrogens with one attached hydrogen (secondary N) is 1. The van der Waals surface area contributed by atoms with E-state index in [4.69, 9.17) is 15.6 Å². The highest BCUT2D eigenvalue weighted by Crippen LogP contribution is 2.47. The van der Waals surface area contributed by atoms with Crippen LogP contribution in [0, 0.1) is 5.92 Å². The van der Waals surface area contributed by atoms with Crippen molar-refractivity contribution in [2.45, 2.75) is 31.2 Å². The van der Waals surface area contributed by atoms with E-state index in [1.165, 1.54) is 0 Å². The summed E-state index contributed by atoms with van der Waals surface area (Å²) < 4.78 is 5.09. The fourth-order valence-electron chi connectivity index (χ4n) is 2.53. The van der Waals surface area contributed by atoms with Crippen molar-refractivity contribution in [2.75, 3.05) is 7.11 Å². The van der Waals surface area contributed by atoms with Gasteiger partial charge >= 0.3 is 5.97 Å². The lowest BCUT2D eigenvalue weighted by Gasteiger charge is -2.13. The van der Waals surface area contributed by atoms with E-state index in [1.807, 2.05) is 24.3 Å². The Morgan fingerprint density at radius 2 is 2.00 bits per heavy atom. The summed E-state index contributed by atoms with van der Waals surface area (Å²) in [5.74, 6) is -1.46. The first kappa shape index (κ1) is 16.8. The molecule has 0 spiro atoms. The van der Waals surface area contributed by atoms with Crippen molar-refractivity contribution in [1.82, 2.24) is 5.32 Å². The molecule has 0 aromatic heterocycles. The first-order chi connectivity index (χ1) is 10.9. The van der Waals surface area contributed by atoms with Crippen LogP contribution in [0.5, 0.6) is 5.75 Å². The molecule has 3 atom stereocenters. The van der Waals surface area contributed by atoms with Crippen LogP contribution in [0.25, 0.3) is 0 Å². The molecule has 1 aromatic rings. The summed E-state index contributed by atoms with van der Waals surface area (Å²) in [5.41, 5.74) is 6.03. The average molecular weight is 320 g/mol. The molecule has 1 aliphatic rings. The molecule has 1 aliphatic carbocycles. The number of carbonyl (C=O) groups excluding carboxylic acids is 2. The molecule has 1 aromatic carbocycles. The topological polar surface area (TPSA) is 119 Å². The van der Waals surface area contributed by atoms with Crippen molar-refractivity contribution in [2.24, 2.45) is 11.7 Å². The number of carboxylic acid groups (broad SMARTS) is 1. The second-order valence-corrected chi connectivity index (χ2v) is 5.63. The number of aliphatic carboxylic acids is 1. The van der Waals surface area contributed by atoms with E-state index in [-0.39, 0.29) is 30.6 Å². The summed E-state index contributed by atoms with van der Waals surface area (Å²) in [6.45, 7) is 0. The van der Waals surface area contributed by atoms with E-state index in [9.17, 15) is 14.4 Å². The van der Waals surface area contributed by atoms with E-state index in [0.29, 0.717) is 6.42 Å². The minimum atomic E-state index is -1.17. The second-order valence-electron chi connectivity index (χ2n) is 5.63. The average Bonchev–Trinajstić information content (AvgIpc) is 3.31. The molecular weight excluding hydrogens is 300 g/mol. The summed E-state index contributed by atoms with van der Waals surface area (Å²) in [6, 6.07) is 6.37. The molecule has 3 unspecified atom stereocenters. The normalized spacial score (nSPS) is 20.4. The second kappa shape index (κ2) is 7.13. The third kappa shape index (κ3) is 4.45. The van der Waals surface area contributed by atoms with Crippen molar-refractivity contribution >= 4 is 17.8 Å². The number of primary amides is 1. The molecule has 7 nitrogen and oxygen atoms in total. The molecule has 4 N–H and O–H groups in total. The SMILES string of the molecule is COc1ccc(C2CC2C(=O)NC(CCC(N)=O)C(=O)O)cc1. The zero-order valence-corrected chi connectivity index (χ0v) is 12.8. The van der Waals surface area contributed by atoms with Gasteiger partial charge in [-0.1, -0.05) is 12.1 Å². The fraction of sp³-hybridized carbons (Fsp3) is 0.438. The zero-order chi connectivity index (χ0) is 17.0. The Hall–Kier alpha value is -2.57. The predicted octanol–water partition coefficient (Wildman–Crippen LogP) is 0.634. The van der Waals surface area contributed by atoms with E-state index in [0.717, 1.165) is 11.3 Å². The van der Waals surface area contributed by atoms with Gasteiger partial charge in [0.25, 0.3) is 0 Å². The van der Waals surface area contributed by atoms with Crippen LogP contribution >= 0.6 is 0 Å². The Labute approximate surface area is 133 Å². The standard InChI is InChI=1S/C16H20N2O5/c1-23-10-4-2-9(3-5-10)11-8-12(11)15(20)18-13(16(21)22)6-7-14(17)19/h2-5,11-13H,6-8H2,1H3,(H2,17,19)(H,18,20)(H,21,22). The third-order valence-electron chi connectivity index (χ3n) is 3.97. The van der Waals surface area contributed by atoms with Gasteiger partial charge in [0.2, 0.25) is 11.8 Å². The molecule has 0 saturated heterocycles. The summed E-state index contributed by atoms with van der Waals surface area (Å²) in [5, 5.41) is 11.6. The number of rotatable bonds is 8. The van der Waals surface area contributed by atoms with E-state index >= 15 is 0 Å². The number of amides is 2. The Bertz CT molecular complexity index is 599. The van der Waals surface area contributed by atoms with Crippen LogP contribution in [0.3, 0.4) is 0 Å². The molecule has 1 saturated carbocycles. The van der Waals surface area contributed by atoms with Gasteiger partial charge in [0.15, 0.2) is 0 Å². The fourth-order valence-corrected chi connectivity index (χ4v) is 2.53. The molecule has 0 radical (unpaired) electrons. The lowest BCUT2D eigenvalue weighted by Crippen LogP contribution is -2.42. The number of hydrogen-bond acceptors (Lipinski definition) is 4. The predicted molar refractivity (Wildman–Crippen MR) is 81.8 cm³/mol. The van der Waals surface area contributed by atoms with Gasteiger partial charge in [0, 0.05) is 12.3 Å². The van der Waals surface area contributed by atoms with Gasteiger partial charge in [-0.25, -0.2) is 4.79 Å². The van der Waals surface area contributed by atoms with Crippen LogP contribution in [0.4, 0.5) is 0 Å². The highest BCUT2D eigenvalue weighted by molar-refractivity contribution is 5.88. The Kier molecular flexibility index (Phi) is 5.20. The number of hydrogen-bond donors (Lipinski definition) is 3. The van der Waals surface area contributed by atoms with Crippen molar-refractivity contribution in [3.8, 4) is 5.75 Å². The Morgan fingerprint density at radius 1 is 1.35 bits per heavy atom. The summed E-state index contributed by atoms with van der Waals surface area (Å²) in [6.07, 6.45) is 0.598. The first-order valence-electron chi connectivity index (χ1n) is 7.37. The van der Waals surface area contributed by atoms with Crippen LogP contribution in [0.1, 0.15) is 30.7 Å². The van der Waals surface area contributed by atoms with Crippen molar-refractivity contribution < 1.29 is 24.2 Å². The molecule has 23 heavy (non-hydrogen) atoms. The number of ether oxygens (including phenoxy) is 1. The van der Waals surface area contributed by atoms with Gasteiger partial charge in [-0.15, -0.1) is 0 Å². The monoisotopic (exact) mass is 320 g/mol. The Balaban J connectivity index is 1.90. The maximum atomic E-state index is 12.2. The largest absolute Gasteiger partial charge is 0.497 e. The number of methoxy groups -OCH3 is 1. The number of nitrogens with two attached hydrogens (primary N) is 1. The van der Waals surface area contributed by atoms with Crippen LogP contribution in [0.2, 0.25) is 0 Å². The third-order valence-corrected chi connectivity index (χ3v) is 3.97. The van der Waals surface area contributed by atoms with Crippen LogP contribution in [0.15, 0.2) is 24.3 Å². The maximum absolute atomic E-state index is 12.2. The highest BCUT2D eigenvalue weighted by atomic mass is 16.5. The maximum Gasteiger partial charge on any atom is 0.326 e. The Morgan fingerprint density at radius 3 is 2.52 bits per heavy atom. The minimum absolute atomic E-state index is 0.00364. The van der Waals surface area contributed by atoms with E-state index in [2.05, 4.69) is 5.32 Å². The number of carbonyl (C=O) groups is 3. The molecule has 2 rings (SSSR count). The van der Waals surface area contributed by atoms with E-state index < -0.39 is 17.9 Å². The van der Waals surface area contributed by atoms with Gasteiger partial charge in [0.1, 0.15) is 11.8 Å². The molecule has 124 valence electrons. The van der Waals surface area contributed by atoms with E-state index in [1.54, 1.807) is 7.11 Å².